The lowest BCUT2D eigenvalue weighted by Crippen LogP contribution is -2.45. The van der Waals surface area contributed by atoms with Crippen LogP contribution in [0, 0.1) is 11.8 Å². The molecule has 1 amide bonds. The molecule has 6 rings (SSSR count). The lowest BCUT2D eigenvalue weighted by molar-refractivity contribution is 0.0742. The first kappa shape index (κ1) is 14.0. The molecule has 2 heterocycles. The van der Waals surface area contributed by atoms with E-state index in [2.05, 4.69) is 20.6 Å². The molecule has 5 nitrogen and oxygen atoms in total. The second-order valence-electron chi connectivity index (χ2n) is 8.19. The third-order valence-electron chi connectivity index (χ3n) is 6.62. The summed E-state index contributed by atoms with van der Waals surface area (Å²) in [5.74, 6) is 2.92. The number of nitrogens with one attached hydrogen (secondary N) is 2. The quantitative estimate of drug-likeness (QED) is 0.882. The van der Waals surface area contributed by atoms with Gasteiger partial charge in [-0.2, -0.15) is 5.10 Å². The second-order valence-corrected chi connectivity index (χ2v) is 8.19. The molecule has 23 heavy (non-hydrogen) atoms. The number of hydrazine groups is 1. The number of hydrogen-bond acceptors (Lipinski definition) is 3. The summed E-state index contributed by atoms with van der Waals surface area (Å²) in [6, 6.07) is 0. The number of carbonyl (C=O) groups is 1. The highest BCUT2D eigenvalue weighted by Gasteiger charge is 2.45. The summed E-state index contributed by atoms with van der Waals surface area (Å²) in [6.45, 7) is 1.93. The number of aromatic amines is 1. The molecule has 2 unspecified atom stereocenters. The topological polar surface area (TPSA) is 61.0 Å². The first-order valence-electron chi connectivity index (χ1n) is 9.42. The molecule has 2 N–H and O–H groups in total. The minimum atomic E-state index is 0.00521. The highest BCUT2D eigenvalue weighted by molar-refractivity contribution is 5.94. The highest BCUT2D eigenvalue weighted by Crippen LogP contribution is 2.56. The predicted molar refractivity (Wildman–Crippen MR) is 87.0 cm³/mol. The van der Waals surface area contributed by atoms with Gasteiger partial charge in [-0.3, -0.25) is 15.3 Å². The van der Waals surface area contributed by atoms with E-state index in [0.29, 0.717) is 17.5 Å². The molecule has 0 aromatic carbocycles. The molecule has 5 heteroatoms. The minimum absolute atomic E-state index is 0.00521. The lowest BCUT2D eigenvalue weighted by Gasteiger charge is -2.38. The van der Waals surface area contributed by atoms with Gasteiger partial charge < -0.3 is 0 Å². The maximum absolute atomic E-state index is 12.8. The molecule has 4 bridgehead atoms. The first-order valence-corrected chi connectivity index (χ1v) is 9.42. The van der Waals surface area contributed by atoms with E-state index in [1.165, 1.54) is 62.6 Å². The Bertz CT molecular complexity index is 605. The van der Waals surface area contributed by atoms with Crippen LogP contribution in [0.25, 0.3) is 0 Å². The number of nitrogens with zero attached hydrogens (tertiary/aromatic N) is 2. The Morgan fingerprint density at radius 3 is 2.43 bits per heavy atom. The molecule has 1 aliphatic heterocycles. The smallest absolute Gasteiger partial charge is 0.283 e. The van der Waals surface area contributed by atoms with E-state index in [4.69, 9.17) is 0 Å². The van der Waals surface area contributed by atoms with Crippen molar-refractivity contribution < 1.29 is 4.79 Å². The molecule has 2 atom stereocenters. The van der Waals surface area contributed by atoms with Crippen molar-refractivity contribution in [3.05, 3.63) is 17.0 Å². The Morgan fingerprint density at radius 2 is 1.70 bits per heavy atom. The fraction of sp³-hybridized carbons (Fsp3) is 0.778. The van der Waals surface area contributed by atoms with Crippen LogP contribution in [0.3, 0.4) is 0 Å². The van der Waals surface area contributed by atoms with Gasteiger partial charge in [0.25, 0.3) is 5.91 Å². The van der Waals surface area contributed by atoms with E-state index in [-0.39, 0.29) is 5.91 Å². The molecule has 1 saturated heterocycles. The second kappa shape index (κ2) is 5.33. The fourth-order valence-corrected chi connectivity index (χ4v) is 5.79. The van der Waals surface area contributed by atoms with Crippen LogP contribution < -0.4 is 5.43 Å². The summed E-state index contributed by atoms with van der Waals surface area (Å²) in [5.41, 5.74) is 6.36. The maximum Gasteiger partial charge on any atom is 0.286 e. The van der Waals surface area contributed by atoms with Gasteiger partial charge in [0.05, 0.1) is 0 Å². The molecule has 5 aliphatic rings. The van der Waals surface area contributed by atoms with Crippen molar-refractivity contribution in [2.45, 2.75) is 63.2 Å². The zero-order valence-corrected chi connectivity index (χ0v) is 13.7. The molecule has 3 fully saturated rings. The number of rotatable bonds is 2. The summed E-state index contributed by atoms with van der Waals surface area (Å²) in [6.07, 6.45) is 10.2. The summed E-state index contributed by atoms with van der Waals surface area (Å²) >= 11 is 0. The Morgan fingerprint density at radius 1 is 1.00 bits per heavy atom. The van der Waals surface area contributed by atoms with Crippen LogP contribution in [0.15, 0.2) is 0 Å². The van der Waals surface area contributed by atoms with Gasteiger partial charge in [-0.1, -0.05) is 6.42 Å². The van der Waals surface area contributed by atoms with Crippen LogP contribution in [0.1, 0.15) is 84.9 Å². The summed E-state index contributed by atoms with van der Waals surface area (Å²) in [5, 5.41) is 9.81. The Balaban J connectivity index is 1.44. The average molecular weight is 314 g/mol. The van der Waals surface area contributed by atoms with Crippen LogP contribution in [0.4, 0.5) is 0 Å². The normalized spacial score (nSPS) is 35.8. The molecular weight excluding hydrogens is 288 g/mol. The fourth-order valence-electron chi connectivity index (χ4n) is 5.79. The van der Waals surface area contributed by atoms with Crippen molar-refractivity contribution in [3.8, 4) is 0 Å². The maximum atomic E-state index is 12.8. The van der Waals surface area contributed by atoms with E-state index < -0.39 is 0 Å². The van der Waals surface area contributed by atoms with Crippen molar-refractivity contribution in [1.29, 1.82) is 0 Å². The number of hydrogen-bond donors (Lipinski definition) is 2. The first-order chi connectivity index (χ1) is 11.3. The Hall–Kier alpha value is -1.36. The average Bonchev–Trinajstić information content (AvgIpc) is 2.93. The summed E-state index contributed by atoms with van der Waals surface area (Å²) in [7, 11) is 0. The van der Waals surface area contributed by atoms with Crippen molar-refractivity contribution in [3.63, 3.8) is 0 Å². The molecule has 2 saturated carbocycles. The number of H-pyrrole nitrogens is 1. The molecule has 0 spiro atoms. The van der Waals surface area contributed by atoms with Gasteiger partial charge in [0, 0.05) is 30.3 Å². The van der Waals surface area contributed by atoms with Gasteiger partial charge in [0.15, 0.2) is 5.69 Å². The van der Waals surface area contributed by atoms with Crippen LogP contribution in [-0.4, -0.2) is 34.2 Å². The molecule has 124 valence electrons. The van der Waals surface area contributed by atoms with E-state index in [0.717, 1.165) is 24.9 Å². The van der Waals surface area contributed by atoms with Gasteiger partial charge in [0.2, 0.25) is 0 Å². The van der Waals surface area contributed by atoms with Gasteiger partial charge in [-0.15, -0.1) is 0 Å². The summed E-state index contributed by atoms with van der Waals surface area (Å²) in [4.78, 5) is 12.8. The molecular formula is C18H26N4O. The standard InChI is InChI=1S/C18H26N4O/c23-18(21-22-4-2-1-3-5-22)17-15-13-7-11-6-12(8-13)10-14(9-11)16(15)19-20-17/h11-14H,1-10H2,(H,19,20)(H,21,23). The zero-order valence-electron chi connectivity index (χ0n) is 13.7. The third kappa shape index (κ3) is 2.32. The number of piperidine rings is 1. The number of aromatic nitrogens is 2. The predicted octanol–water partition coefficient (Wildman–Crippen LogP) is 2.93. The molecule has 1 aromatic heterocycles. The molecule has 4 aliphatic carbocycles. The third-order valence-corrected chi connectivity index (χ3v) is 6.62. The van der Waals surface area contributed by atoms with Crippen LogP contribution in [0.5, 0.6) is 0 Å². The van der Waals surface area contributed by atoms with Crippen molar-refractivity contribution in [2.24, 2.45) is 11.8 Å². The largest absolute Gasteiger partial charge is 0.286 e. The zero-order chi connectivity index (χ0) is 15.4. The van der Waals surface area contributed by atoms with Gasteiger partial charge in [-0.05, 0) is 62.7 Å². The number of amides is 1. The molecule has 0 radical (unpaired) electrons. The Labute approximate surface area is 137 Å². The van der Waals surface area contributed by atoms with E-state index in [1.807, 2.05) is 0 Å². The van der Waals surface area contributed by atoms with E-state index in [9.17, 15) is 4.79 Å². The Kier molecular flexibility index (Phi) is 3.25. The van der Waals surface area contributed by atoms with E-state index in [1.54, 1.807) is 0 Å². The van der Waals surface area contributed by atoms with Crippen molar-refractivity contribution in [1.82, 2.24) is 20.6 Å². The van der Waals surface area contributed by atoms with E-state index >= 15 is 0 Å². The van der Waals surface area contributed by atoms with Crippen molar-refractivity contribution >= 4 is 5.91 Å². The van der Waals surface area contributed by atoms with Gasteiger partial charge >= 0.3 is 0 Å². The van der Waals surface area contributed by atoms with Crippen LogP contribution in [0.2, 0.25) is 0 Å². The van der Waals surface area contributed by atoms with Gasteiger partial charge in [-0.25, -0.2) is 5.01 Å². The number of carbonyl (C=O) groups excluding carboxylic acids is 1. The SMILES string of the molecule is O=C(NN1CCCCC1)c1n[nH]c2c1C1CC3CC(CC2C3)C1. The highest BCUT2D eigenvalue weighted by atomic mass is 16.2. The van der Waals surface area contributed by atoms with Crippen LogP contribution >= 0.6 is 0 Å². The lowest BCUT2D eigenvalue weighted by atomic mass is 9.67. The van der Waals surface area contributed by atoms with Gasteiger partial charge in [0.1, 0.15) is 0 Å². The monoisotopic (exact) mass is 314 g/mol. The van der Waals surface area contributed by atoms with Crippen molar-refractivity contribution in [2.75, 3.05) is 13.1 Å². The minimum Gasteiger partial charge on any atom is -0.283 e. The molecule has 1 aromatic rings. The summed E-state index contributed by atoms with van der Waals surface area (Å²) < 4.78 is 0. The van der Waals surface area contributed by atoms with Crippen LogP contribution in [-0.2, 0) is 0 Å².